The summed E-state index contributed by atoms with van der Waals surface area (Å²) in [5.74, 6) is -25.1. The summed E-state index contributed by atoms with van der Waals surface area (Å²) in [5.41, 5.74) is -6.63. The highest BCUT2D eigenvalue weighted by Gasteiger charge is 2.52. The van der Waals surface area contributed by atoms with Gasteiger partial charge >= 0.3 is 47.6 Å². The summed E-state index contributed by atoms with van der Waals surface area (Å²) in [6.45, 7) is 17.9. The topological polar surface area (TPSA) is 161 Å². The number of carbonyl (C=O) groups excluding carboxylic acids is 4. The van der Waals surface area contributed by atoms with E-state index in [4.69, 9.17) is 0 Å². The van der Waals surface area contributed by atoms with Gasteiger partial charge in [0.2, 0.25) is 0 Å². The molecule has 0 heterocycles. The molecule has 0 aliphatic heterocycles. The first kappa shape index (κ1) is 58.0. The summed E-state index contributed by atoms with van der Waals surface area (Å²) in [6.07, 6.45) is 0. The summed E-state index contributed by atoms with van der Waals surface area (Å²) in [7, 11) is 0. The summed E-state index contributed by atoms with van der Waals surface area (Å²) < 4.78 is 137. The summed E-state index contributed by atoms with van der Waals surface area (Å²) >= 11 is 3.05. The first-order valence-corrected chi connectivity index (χ1v) is 21.9. The third-order valence-corrected chi connectivity index (χ3v) is 9.49. The SMILES string of the molecule is CCOC(=O)C(F)(F)c1cc(I)cc(C(F)(F)C(=O)OCC)c1N=NN(C(C)C)C(C)C.CCOC(=O)C(F)(F)c1cc(I)cc(C(F)(F)C(=O)OCC)c1N=NN(C(C)C)C(C)C. The van der Waals surface area contributed by atoms with Crippen LogP contribution in [-0.4, -0.2) is 84.5 Å². The molecule has 2 aromatic carbocycles. The number of ether oxygens (including phenoxy) is 4. The molecule has 0 unspecified atom stereocenters. The highest BCUT2D eigenvalue weighted by molar-refractivity contribution is 14.1. The second-order valence-corrected chi connectivity index (χ2v) is 16.9. The molecule has 64 heavy (non-hydrogen) atoms. The van der Waals surface area contributed by atoms with E-state index in [9.17, 15) is 54.3 Å². The molecule has 0 bridgehead atoms. The fraction of sp³-hybridized carbons (Fsp3) is 0.600. The Hall–Kier alpha value is -3.98. The predicted octanol–water partition coefficient (Wildman–Crippen LogP) is 11.4. The molecular formula is C40H52F8I2N6O8. The van der Waals surface area contributed by atoms with E-state index >= 15 is 0 Å². The molecule has 0 radical (unpaired) electrons. The van der Waals surface area contributed by atoms with Crippen LogP contribution >= 0.6 is 45.2 Å². The van der Waals surface area contributed by atoms with Gasteiger partial charge in [-0.25, -0.2) is 19.2 Å². The van der Waals surface area contributed by atoms with Gasteiger partial charge in [0, 0.05) is 31.3 Å². The van der Waals surface area contributed by atoms with E-state index in [-0.39, 0.29) is 57.7 Å². The smallest absolute Gasteiger partial charge is 0.382 e. The minimum Gasteiger partial charge on any atom is -0.461 e. The Bertz CT molecular complexity index is 1750. The molecule has 0 atom stereocenters. The van der Waals surface area contributed by atoms with Gasteiger partial charge in [0.05, 0.1) is 48.7 Å². The lowest BCUT2D eigenvalue weighted by Crippen LogP contribution is -2.33. The molecule has 0 aliphatic rings. The van der Waals surface area contributed by atoms with Crippen molar-refractivity contribution in [3.05, 3.63) is 53.7 Å². The first-order valence-electron chi connectivity index (χ1n) is 19.7. The molecule has 2 rings (SSSR count). The minimum absolute atomic E-state index is 0.0796. The van der Waals surface area contributed by atoms with Crippen molar-refractivity contribution in [1.82, 2.24) is 10.0 Å². The Labute approximate surface area is 393 Å². The van der Waals surface area contributed by atoms with Gasteiger partial charge < -0.3 is 18.9 Å². The average Bonchev–Trinajstić information content (AvgIpc) is 3.18. The number of esters is 4. The van der Waals surface area contributed by atoms with Crippen LogP contribution in [0.15, 0.2) is 44.9 Å². The van der Waals surface area contributed by atoms with Crippen LogP contribution in [0.2, 0.25) is 0 Å². The highest BCUT2D eigenvalue weighted by atomic mass is 127. The zero-order valence-electron chi connectivity index (χ0n) is 37.2. The van der Waals surface area contributed by atoms with Gasteiger partial charge in [0.15, 0.2) is 0 Å². The van der Waals surface area contributed by atoms with Gasteiger partial charge in [-0.1, -0.05) is 10.4 Å². The van der Waals surface area contributed by atoms with Gasteiger partial charge in [-0.3, -0.25) is 10.0 Å². The van der Waals surface area contributed by atoms with Crippen LogP contribution in [0.3, 0.4) is 0 Å². The molecule has 0 aliphatic carbocycles. The molecule has 24 heteroatoms. The van der Waals surface area contributed by atoms with E-state index in [0.717, 1.165) is 24.3 Å². The van der Waals surface area contributed by atoms with Crippen molar-refractivity contribution in [2.24, 2.45) is 20.7 Å². The minimum atomic E-state index is -4.33. The maximum Gasteiger partial charge on any atom is 0.382 e. The fourth-order valence-electron chi connectivity index (χ4n) is 5.50. The van der Waals surface area contributed by atoms with E-state index in [1.165, 1.54) is 82.9 Å². The third kappa shape index (κ3) is 14.5. The lowest BCUT2D eigenvalue weighted by molar-refractivity contribution is -0.174. The van der Waals surface area contributed by atoms with Crippen molar-refractivity contribution < 1.29 is 73.2 Å². The highest BCUT2D eigenvalue weighted by Crippen LogP contribution is 2.47. The second kappa shape index (κ2) is 24.5. The maximum atomic E-state index is 15.0. The number of hydrogen-bond donors (Lipinski definition) is 0. The largest absolute Gasteiger partial charge is 0.461 e. The number of hydrogen-bond acceptors (Lipinski definition) is 12. The third-order valence-electron chi connectivity index (χ3n) is 8.24. The standard InChI is InChI=1S/2C20H26F4IN3O4/c2*1-7-31-17(29)19(21,22)14-9-13(25)10-15(20(23,24)18(30)32-8-2)16(14)26-27-28(11(3)4)12(5)6/h2*9-12H,7-8H2,1-6H3. The van der Waals surface area contributed by atoms with Crippen molar-refractivity contribution in [3.8, 4) is 0 Å². The Balaban J connectivity index is 0.000000640. The zero-order chi connectivity index (χ0) is 49.7. The van der Waals surface area contributed by atoms with Gasteiger partial charge in [-0.15, -0.1) is 10.2 Å². The average molecular weight is 1150 g/mol. The molecular weight excluding hydrogens is 1100 g/mol. The zero-order valence-corrected chi connectivity index (χ0v) is 41.5. The van der Waals surface area contributed by atoms with Crippen LogP contribution in [0.5, 0.6) is 0 Å². The first-order chi connectivity index (χ1) is 29.4. The van der Waals surface area contributed by atoms with Crippen LogP contribution in [0.1, 0.15) is 105 Å². The molecule has 0 fully saturated rings. The number of carbonyl (C=O) groups is 4. The van der Waals surface area contributed by atoms with Crippen molar-refractivity contribution in [2.75, 3.05) is 26.4 Å². The Morgan fingerprint density at radius 1 is 0.469 bits per heavy atom. The Morgan fingerprint density at radius 2 is 0.656 bits per heavy atom. The van der Waals surface area contributed by atoms with Crippen molar-refractivity contribution >= 4 is 80.4 Å². The van der Waals surface area contributed by atoms with Crippen molar-refractivity contribution in [2.45, 2.75) is 131 Å². The molecule has 0 N–H and O–H groups in total. The molecule has 14 nitrogen and oxygen atoms in total. The summed E-state index contributed by atoms with van der Waals surface area (Å²) in [5, 5.41) is 17.9. The van der Waals surface area contributed by atoms with E-state index in [1.807, 2.05) is 0 Å². The van der Waals surface area contributed by atoms with Gasteiger partial charge in [0.1, 0.15) is 11.4 Å². The fourth-order valence-corrected chi connectivity index (χ4v) is 6.74. The van der Waals surface area contributed by atoms with E-state index in [0.29, 0.717) is 0 Å². The molecule has 0 amide bonds. The normalized spacial score (nSPS) is 12.5. The van der Waals surface area contributed by atoms with Crippen molar-refractivity contribution in [3.63, 3.8) is 0 Å². The van der Waals surface area contributed by atoms with Gasteiger partial charge in [-0.2, -0.15) is 35.1 Å². The maximum absolute atomic E-state index is 15.0. The van der Waals surface area contributed by atoms with Crippen LogP contribution < -0.4 is 0 Å². The summed E-state index contributed by atoms with van der Waals surface area (Å²) in [4.78, 5) is 47.8. The van der Waals surface area contributed by atoms with Gasteiger partial charge in [-0.05, 0) is 153 Å². The molecule has 0 spiro atoms. The monoisotopic (exact) mass is 1150 g/mol. The number of halogens is 10. The lowest BCUT2D eigenvalue weighted by atomic mass is 9.98. The predicted molar refractivity (Wildman–Crippen MR) is 234 cm³/mol. The molecule has 2 aromatic rings. The van der Waals surface area contributed by atoms with E-state index in [2.05, 4.69) is 39.6 Å². The van der Waals surface area contributed by atoms with Crippen LogP contribution in [0.4, 0.5) is 46.5 Å². The molecule has 0 aromatic heterocycles. The van der Waals surface area contributed by atoms with E-state index < -0.39 is 81.2 Å². The number of rotatable bonds is 20. The Kier molecular flexibility index (Phi) is 22.2. The summed E-state index contributed by atoms with van der Waals surface area (Å²) in [6, 6.07) is 2.32. The van der Waals surface area contributed by atoms with E-state index in [1.54, 1.807) is 55.4 Å². The number of nitrogens with zero attached hydrogens (tertiary/aromatic N) is 6. The second-order valence-electron chi connectivity index (χ2n) is 14.4. The quantitative estimate of drug-likeness (QED) is 0.0312. The molecule has 0 saturated carbocycles. The van der Waals surface area contributed by atoms with Crippen LogP contribution in [0, 0.1) is 7.14 Å². The van der Waals surface area contributed by atoms with Crippen molar-refractivity contribution in [1.29, 1.82) is 0 Å². The molecule has 360 valence electrons. The Morgan fingerprint density at radius 3 is 0.812 bits per heavy atom. The van der Waals surface area contributed by atoms with Crippen LogP contribution in [-0.2, 0) is 61.8 Å². The molecule has 0 saturated heterocycles. The van der Waals surface area contributed by atoms with Crippen LogP contribution in [0.25, 0.3) is 0 Å². The number of alkyl halides is 8. The number of benzene rings is 2. The lowest BCUT2D eigenvalue weighted by Gasteiger charge is -2.27. The van der Waals surface area contributed by atoms with Gasteiger partial charge in [0.25, 0.3) is 0 Å².